The zero-order chi connectivity index (χ0) is 11.1. The van der Waals surface area contributed by atoms with Crippen LogP contribution >= 0.6 is 0 Å². The van der Waals surface area contributed by atoms with Gasteiger partial charge in [-0.25, -0.2) is 4.98 Å². The lowest BCUT2D eigenvalue weighted by molar-refractivity contribution is 0.266. The van der Waals surface area contributed by atoms with E-state index in [1.165, 1.54) is 0 Å². The molecule has 1 unspecified atom stereocenters. The summed E-state index contributed by atoms with van der Waals surface area (Å²) in [7, 11) is 1.60. The van der Waals surface area contributed by atoms with Crippen molar-refractivity contribution in [2.75, 3.05) is 25.6 Å². The van der Waals surface area contributed by atoms with Gasteiger partial charge in [0.05, 0.1) is 7.11 Å². The Hall–Kier alpha value is -1.29. The number of nitrogens with zero attached hydrogens (tertiary/aromatic N) is 1. The highest BCUT2D eigenvalue weighted by Gasteiger charge is 2.01. The Labute approximate surface area is 90.3 Å². The summed E-state index contributed by atoms with van der Waals surface area (Å²) in [6, 6.07) is 3.75. The number of aliphatic hydroxyl groups excluding tert-OH is 1. The Morgan fingerprint density at radius 1 is 1.60 bits per heavy atom. The van der Waals surface area contributed by atoms with Gasteiger partial charge in [0.2, 0.25) is 5.88 Å². The highest BCUT2D eigenvalue weighted by atomic mass is 16.5. The first-order valence-corrected chi connectivity index (χ1v) is 5.11. The van der Waals surface area contributed by atoms with Crippen molar-refractivity contribution >= 4 is 5.69 Å². The molecule has 1 heterocycles. The van der Waals surface area contributed by atoms with Crippen LogP contribution in [0, 0.1) is 5.92 Å². The van der Waals surface area contributed by atoms with E-state index >= 15 is 0 Å². The fourth-order valence-corrected chi connectivity index (χ4v) is 1.25. The number of methoxy groups -OCH3 is 1. The number of nitrogens with one attached hydrogen (secondary N) is 1. The van der Waals surface area contributed by atoms with E-state index in [4.69, 9.17) is 9.84 Å². The lowest BCUT2D eigenvalue weighted by Crippen LogP contribution is -2.12. The molecule has 1 aromatic rings. The molecule has 0 saturated carbocycles. The average Bonchev–Trinajstić information content (AvgIpc) is 2.27. The number of anilines is 1. The summed E-state index contributed by atoms with van der Waals surface area (Å²) in [6.45, 7) is 3.18. The van der Waals surface area contributed by atoms with E-state index in [2.05, 4.69) is 17.2 Å². The number of ether oxygens (including phenoxy) is 1. The van der Waals surface area contributed by atoms with Crippen molar-refractivity contribution in [2.45, 2.75) is 13.3 Å². The maximum absolute atomic E-state index is 8.76. The van der Waals surface area contributed by atoms with Gasteiger partial charge >= 0.3 is 0 Å². The summed E-state index contributed by atoms with van der Waals surface area (Å²) in [5.41, 5.74) is 0.992. The first-order chi connectivity index (χ1) is 7.26. The molecule has 0 radical (unpaired) electrons. The van der Waals surface area contributed by atoms with Crippen LogP contribution in [-0.4, -0.2) is 30.4 Å². The van der Waals surface area contributed by atoms with Crippen molar-refractivity contribution in [3.63, 3.8) is 0 Å². The SMILES string of the molecule is COc1cc(NCC(C)CCO)ccn1. The zero-order valence-electron chi connectivity index (χ0n) is 9.23. The van der Waals surface area contributed by atoms with Gasteiger partial charge in [-0.15, -0.1) is 0 Å². The van der Waals surface area contributed by atoms with Crippen molar-refractivity contribution in [1.29, 1.82) is 0 Å². The maximum atomic E-state index is 8.76. The molecule has 4 heteroatoms. The molecule has 2 N–H and O–H groups in total. The van der Waals surface area contributed by atoms with Gasteiger partial charge in [-0.3, -0.25) is 0 Å². The molecule has 0 bridgehead atoms. The summed E-state index contributed by atoms with van der Waals surface area (Å²) < 4.78 is 5.02. The first-order valence-electron chi connectivity index (χ1n) is 5.11. The molecule has 0 aliphatic rings. The van der Waals surface area contributed by atoms with Crippen LogP contribution in [0.1, 0.15) is 13.3 Å². The third-order valence-corrected chi connectivity index (χ3v) is 2.22. The number of hydrogen-bond acceptors (Lipinski definition) is 4. The van der Waals surface area contributed by atoms with E-state index in [-0.39, 0.29) is 6.61 Å². The topological polar surface area (TPSA) is 54.4 Å². The minimum Gasteiger partial charge on any atom is -0.481 e. The van der Waals surface area contributed by atoms with E-state index in [1.54, 1.807) is 13.3 Å². The third kappa shape index (κ3) is 4.16. The molecular weight excluding hydrogens is 192 g/mol. The van der Waals surface area contributed by atoms with E-state index in [0.29, 0.717) is 11.8 Å². The van der Waals surface area contributed by atoms with Crippen molar-refractivity contribution < 1.29 is 9.84 Å². The predicted molar refractivity (Wildman–Crippen MR) is 60.1 cm³/mol. The van der Waals surface area contributed by atoms with Crippen molar-refractivity contribution in [1.82, 2.24) is 4.98 Å². The Morgan fingerprint density at radius 3 is 3.07 bits per heavy atom. The smallest absolute Gasteiger partial charge is 0.214 e. The van der Waals surface area contributed by atoms with Crippen LogP contribution in [-0.2, 0) is 0 Å². The minimum absolute atomic E-state index is 0.239. The number of aliphatic hydroxyl groups is 1. The Kier molecular flexibility index (Phi) is 4.90. The third-order valence-electron chi connectivity index (χ3n) is 2.22. The minimum atomic E-state index is 0.239. The second kappa shape index (κ2) is 6.24. The molecule has 84 valence electrons. The van der Waals surface area contributed by atoms with Gasteiger partial charge in [-0.1, -0.05) is 6.92 Å². The van der Waals surface area contributed by atoms with Crippen LogP contribution in [0.25, 0.3) is 0 Å². The number of pyridine rings is 1. The molecule has 0 aromatic carbocycles. The Morgan fingerprint density at radius 2 is 2.40 bits per heavy atom. The molecule has 4 nitrogen and oxygen atoms in total. The second-order valence-corrected chi connectivity index (χ2v) is 3.59. The molecule has 0 aliphatic heterocycles. The average molecular weight is 210 g/mol. The van der Waals surface area contributed by atoms with Gasteiger partial charge in [-0.2, -0.15) is 0 Å². The number of aromatic nitrogens is 1. The standard InChI is InChI=1S/C11H18N2O2/c1-9(4-6-14)8-13-10-3-5-12-11(7-10)15-2/h3,5,7,9,14H,4,6,8H2,1-2H3,(H,12,13). The lowest BCUT2D eigenvalue weighted by Gasteiger charge is -2.12. The van der Waals surface area contributed by atoms with E-state index < -0.39 is 0 Å². The van der Waals surface area contributed by atoms with Gasteiger partial charge in [0.1, 0.15) is 0 Å². The molecular formula is C11H18N2O2. The molecule has 0 aliphatic carbocycles. The zero-order valence-corrected chi connectivity index (χ0v) is 9.23. The lowest BCUT2D eigenvalue weighted by atomic mass is 10.1. The Balaban J connectivity index is 2.43. The molecule has 1 aromatic heterocycles. The first kappa shape index (κ1) is 11.8. The molecule has 15 heavy (non-hydrogen) atoms. The molecule has 1 atom stereocenters. The summed E-state index contributed by atoms with van der Waals surface area (Å²) in [5, 5.41) is 12.0. The van der Waals surface area contributed by atoms with E-state index in [1.807, 2.05) is 12.1 Å². The summed E-state index contributed by atoms with van der Waals surface area (Å²) >= 11 is 0. The van der Waals surface area contributed by atoms with Gasteiger partial charge < -0.3 is 15.2 Å². The van der Waals surface area contributed by atoms with Crippen LogP contribution in [0.4, 0.5) is 5.69 Å². The molecule has 0 amide bonds. The van der Waals surface area contributed by atoms with E-state index in [0.717, 1.165) is 18.7 Å². The second-order valence-electron chi connectivity index (χ2n) is 3.59. The van der Waals surface area contributed by atoms with Crippen molar-refractivity contribution in [2.24, 2.45) is 5.92 Å². The predicted octanol–water partition coefficient (Wildman–Crippen LogP) is 1.52. The highest BCUT2D eigenvalue weighted by Crippen LogP contribution is 2.14. The molecule has 1 rings (SSSR count). The number of hydrogen-bond donors (Lipinski definition) is 2. The Bertz CT molecular complexity index is 292. The molecule has 0 spiro atoms. The number of rotatable bonds is 6. The quantitative estimate of drug-likeness (QED) is 0.747. The summed E-state index contributed by atoms with van der Waals surface area (Å²) in [6.07, 6.45) is 2.52. The summed E-state index contributed by atoms with van der Waals surface area (Å²) in [5.74, 6) is 1.06. The van der Waals surface area contributed by atoms with Crippen LogP contribution < -0.4 is 10.1 Å². The maximum Gasteiger partial charge on any atom is 0.214 e. The van der Waals surface area contributed by atoms with Gasteiger partial charge in [-0.05, 0) is 18.4 Å². The van der Waals surface area contributed by atoms with Crippen LogP contribution in [0.15, 0.2) is 18.3 Å². The fraction of sp³-hybridized carbons (Fsp3) is 0.545. The van der Waals surface area contributed by atoms with Gasteiger partial charge in [0, 0.05) is 31.1 Å². The van der Waals surface area contributed by atoms with Crippen LogP contribution in [0.3, 0.4) is 0 Å². The largest absolute Gasteiger partial charge is 0.481 e. The monoisotopic (exact) mass is 210 g/mol. The fourth-order valence-electron chi connectivity index (χ4n) is 1.25. The highest BCUT2D eigenvalue weighted by molar-refractivity contribution is 5.44. The van der Waals surface area contributed by atoms with Crippen LogP contribution in [0.5, 0.6) is 5.88 Å². The van der Waals surface area contributed by atoms with Gasteiger partial charge in [0.25, 0.3) is 0 Å². The molecule has 0 fully saturated rings. The van der Waals surface area contributed by atoms with Crippen molar-refractivity contribution in [3.05, 3.63) is 18.3 Å². The van der Waals surface area contributed by atoms with Crippen LogP contribution in [0.2, 0.25) is 0 Å². The summed E-state index contributed by atoms with van der Waals surface area (Å²) in [4.78, 5) is 4.02. The molecule has 0 saturated heterocycles. The van der Waals surface area contributed by atoms with Gasteiger partial charge in [0.15, 0.2) is 0 Å². The van der Waals surface area contributed by atoms with Crippen molar-refractivity contribution in [3.8, 4) is 5.88 Å². The van der Waals surface area contributed by atoms with E-state index in [9.17, 15) is 0 Å². The normalized spacial score (nSPS) is 12.2.